The molecule has 0 spiro atoms. The molecule has 0 radical (unpaired) electrons. The van der Waals surface area contributed by atoms with Crippen LogP contribution in [0.3, 0.4) is 0 Å². The minimum atomic E-state index is -0.660. The first kappa shape index (κ1) is 22.2. The minimum Gasteiger partial charge on any atom is -0.497 e. The monoisotopic (exact) mass is 512 g/mol. The largest absolute Gasteiger partial charge is 0.497 e. The molecule has 0 saturated heterocycles. The Morgan fingerprint density at radius 1 is 1.25 bits per heavy atom. The summed E-state index contributed by atoms with van der Waals surface area (Å²) < 4.78 is 13.8. The first-order valence-corrected chi connectivity index (χ1v) is 11.6. The maximum absolute atomic E-state index is 13.5. The van der Waals surface area contributed by atoms with Crippen LogP contribution in [0.5, 0.6) is 5.75 Å². The summed E-state index contributed by atoms with van der Waals surface area (Å²) in [5.74, 6) is 0.154. The van der Waals surface area contributed by atoms with Crippen LogP contribution >= 0.6 is 27.3 Å². The van der Waals surface area contributed by atoms with Crippen LogP contribution in [0.2, 0.25) is 0 Å². The Morgan fingerprint density at radius 3 is 2.69 bits per heavy atom. The summed E-state index contributed by atoms with van der Waals surface area (Å²) in [5.41, 5.74) is 2.32. The molecule has 1 aliphatic rings. The van der Waals surface area contributed by atoms with Crippen molar-refractivity contribution in [1.82, 2.24) is 4.57 Å². The predicted octanol–water partition coefficient (Wildman–Crippen LogP) is 3.57. The minimum absolute atomic E-state index is 0.209. The maximum atomic E-state index is 13.5. The van der Waals surface area contributed by atoms with E-state index in [0.29, 0.717) is 26.4 Å². The molecule has 3 aromatic rings. The van der Waals surface area contributed by atoms with Crippen LogP contribution in [-0.4, -0.2) is 24.3 Å². The number of esters is 1. The molecule has 1 unspecified atom stereocenters. The van der Waals surface area contributed by atoms with Crippen LogP contribution < -0.4 is 19.6 Å². The van der Waals surface area contributed by atoms with Crippen LogP contribution in [0.1, 0.15) is 31.0 Å². The highest BCUT2D eigenvalue weighted by atomic mass is 79.9. The Bertz CT molecular complexity index is 1390. The van der Waals surface area contributed by atoms with Crippen LogP contribution in [0.4, 0.5) is 0 Å². The second kappa shape index (κ2) is 9.26. The molecule has 1 atom stereocenters. The van der Waals surface area contributed by atoms with Gasteiger partial charge in [-0.2, -0.15) is 0 Å². The zero-order valence-electron chi connectivity index (χ0n) is 17.8. The van der Waals surface area contributed by atoms with Crippen molar-refractivity contribution in [3.63, 3.8) is 0 Å². The molecule has 0 aliphatic carbocycles. The van der Waals surface area contributed by atoms with Gasteiger partial charge in [-0.25, -0.2) is 9.79 Å². The van der Waals surface area contributed by atoms with Crippen molar-refractivity contribution >= 4 is 39.3 Å². The van der Waals surface area contributed by atoms with Gasteiger partial charge in [0.05, 0.1) is 35.6 Å². The van der Waals surface area contributed by atoms with Crippen molar-refractivity contribution in [3.05, 3.63) is 95.1 Å². The van der Waals surface area contributed by atoms with Crippen molar-refractivity contribution < 1.29 is 14.3 Å². The second-order valence-electron chi connectivity index (χ2n) is 7.13. The van der Waals surface area contributed by atoms with Crippen molar-refractivity contribution in [2.75, 3.05) is 13.7 Å². The number of thiazole rings is 1. The summed E-state index contributed by atoms with van der Waals surface area (Å²) >= 11 is 4.72. The molecule has 0 bridgehead atoms. The van der Waals surface area contributed by atoms with Crippen molar-refractivity contribution in [2.24, 2.45) is 4.99 Å². The molecule has 8 heteroatoms. The average molecular weight is 513 g/mol. The fourth-order valence-corrected chi connectivity index (χ4v) is 4.94. The number of fused-ring (bicyclic) bond motifs is 1. The topological polar surface area (TPSA) is 69.9 Å². The van der Waals surface area contributed by atoms with Crippen molar-refractivity contribution in [3.8, 4) is 5.75 Å². The smallest absolute Gasteiger partial charge is 0.338 e. The van der Waals surface area contributed by atoms with E-state index in [-0.39, 0.29) is 12.2 Å². The van der Waals surface area contributed by atoms with Gasteiger partial charge in [-0.05, 0) is 55.3 Å². The Kier molecular flexibility index (Phi) is 6.43. The number of aromatic nitrogens is 1. The third kappa shape index (κ3) is 4.20. The number of nitrogens with zero attached hydrogens (tertiary/aromatic N) is 2. The van der Waals surface area contributed by atoms with E-state index in [1.807, 2.05) is 54.6 Å². The van der Waals surface area contributed by atoms with E-state index >= 15 is 0 Å². The molecule has 1 aliphatic heterocycles. The van der Waals surface area contributed by atoms with Gasteiger partial charge in [0.25, 0.3) is 5.56 Å². The lowest BCUT2D eigenvalue weighted by atomic mass is 9.95. The lowest BCUT2D eigenvalue weighted by molar-refractivity contribution is -0.139. The first-order chi connectivity index (χ1) is 15.4. The van der Waals surface area contributed by atoms with Gasteiger partial charge >= 0.3 is 5.97 Å². The Balaban J connectivity index is 1.96. The molecule has 2 aromatic carbocycles. The molecule has 0 amide bonds. The van der Waals surface area contributed by atoms with Crippen LogP contribution in [0.25, 0.3) is 6.08 Å². The molecular weight excluding hydrogens is 492 g/mol. The zero-order chi connectivity index (χ0) is 22.8. The highest BCUT2D eigenvalue weighted by Gasteiger charge is 2.33. The Morgan fingerprint density at radius 2 is 2.00 bits per heavy atom. The average Bonchev–Trinajstić information content (AvgIpc) is 3.09. The van der Waals surface area contributed by atoms with E-state index in [4.69, 9.17) is 9.47 Å². The van der Waals surface area contributed by atoms with E-state index in [1.54, 1.807) is 25.5 Å². The Hall–Kier alpha value is -2.97. The van der Waals surface area contributed by atoms with E-state index in [9.17, 15) is 9.59 Å². The van der Waals surface area contributed by atoms with Crippen molar-refractivity contribution in [1.29, 1.82) is 0 Å². The third-order valence-electron chi connectivity index (χ3n) is 5.09. The molecule has 0 N–H and O–H groups in total. The van der Waals surface area contributed by atoms with Gasteiger partial charge < -0.3 is 9.47 Å². The van der Waals surface area contributed by atoms with E-state index < -0.39 is 12.0 Å². The van der Waals surface area contributed by atoms with E-state index in [0.717, 1.165) is 15.6 Å². The quantitative estimate of drug-likeness (QED) is 0.490. The summed E-state index contributed by atoms with van der Waals surface area (Å²) in [6.07, 6.45) is 1.84. The number of carbonyl (C=O) groups is 1. The highest BCUT2D eigenvalue weighted by molar-refractivity contribution is 9.10. The molecule has 6 nitrogen and oxygen atoms in total. The van der Waals surface area contributed by atoms with Gasteiger partial charge in [0, 0.05) is 4.47 Å². The molecule has 1 aromatic heterocycles. The first-order valence-electron chi connectivity index (χ1n) is 10.0. The number of ether oxygens (including phenoxy) is 2. The molecule has 0 fully saturated rings. The molecule has 0 saturated carbocycles. The number of carbonyl (C=O) groups excluding carboxylic acids is 1. The number of allylic oxidation sites excluding steroid dienone is 1. The summed E-state index contributed by atoms with van der Waals surface area (Å²) in [4.78, 5) is 31.6. The molecule has 32 heavy (non-hydrogen) atoms. The van der Waals surface area contributed by atoms with Crippen molar-refractivity contribution in [2.45, 2.75) is 19.9 Å². The standard InChI is InChI=1S/C24H21BrN2O4S/c1-4-31-23(29)20-14(2)26-24-27(21(20)16-6-5-7-18(13-16)30-3)22(28)19(32-24)12-15-8-10-17(25)11-9-15/h5-13,21H,4H2,1-3H3. The Labute approximate surface area is 197 Å². The van der Waals surface area contributed by atoms with E-state index in [2.05, 4.69) is 20.9 Å². The van der Waals surface area contributed by atoms with Gasteiger partial charge in [-0.3, -0.25) is 9.36 Å². The number of halogens is 1. The van der Waals surface area contributed by atoms with Gasteiger partial charge in [-0.1, -0.05) is 51.5 Å². The lowest BCUT2D eigenvalue weighted by Crippen LogP contribution is -2.39. The number of benzene rings is 2. The van der Waals surface area contributed by atoms with Crippen LogP contribution in [-0.2, 0) is 9.53 Å². The number of methoxy groups -OCH3 is 1. The van der Waals surface area contributed by atoms with Crippen LogP contribution in [0.15, 0.2) is 74.1 Å². The van der Waals surface area contributed by atoms with Crippen LogP contribution in [0, 0.1) is 0 Å². The molecule has 4 rings (SSSR count). The number of hydrogen-bond donors (Lipinski definition) is 0. The third-order valence-corrected chi connectivity index (χ3v) is 6.61. The summed E-state index contributed by atoms with van der Waals surface area (Å²) in [7, 11) is 1.58. The summed E-state index contributed by atoms with van der Waals surface area (Å²) in [6, 6.07) is 14.4. The molecular formula is C24H21BrN2O4S. The van der Waals surface area contributed by atoms with E-state index in [1.165, 1.54) is 11.3 Å². The second-order valence-corrected chi connectivity index (χ2v) is 9.06. The SMILES string of the molecule is CCOC(=O)C1=C(C)N=c2sc(=Cc3ccc(Br)cc3)c(=O)n2C1c1cccc(OC)c1. The zero-order valence-corrected chi connectivity index (χ0v) is 20.2. The van der Waals surface area contributed by atoms with Gasteiger partial charge in [0.2, 0.25) is 0 Å². The molecule has 164 valence electrons. The lowest BCUT2D eigenvalue weighted by Gasteiger charge is -2.25. The fraction of sp³-hybridized carbons (Fsp3) is 0.208. The number of hydrogen-bond acceptors (Lipinski definition) is 6. The highest BCUT2D eigenvalue weighted by Crippen LogP contribution is 2.32. The number of rotatable bonds is 5. The summed E-state index contributed by atoms with van der Waals surface area (Å²) in [5, 5.41) is 0. The fourth-order valence-electron chi connectivity index (χ4n) is 3.63. The summed E-state index contributed by atoms with van der Waals surface area (Å²) in [6.45, 7) is 3.75. The van der Waals surface area contributed by atoms with Gasteiger partial charge in [0.1, 0.15) is 5.75 Å². The predicted molar refractivity (Wildman–Crippen MR) is 128 cm³/mol. The van der Waals surface area contributed by atoms with Gasteiger partial charge in [-0.15, -0.1) is 0 Å². The normalized spacial score (nSPS) is 15.9. The van der Waals surface area contributed by atoms with Gasteiger partial charge in [0.15, 0.2) is 4.80 Å². The maximum Gasteiger partial charge on any atom is 0.338 e. The molecule has 2 heterocycles.